The van der Waals surface area contributed by atoms with Gasteiger partial charge in [0.15, 0.2) is 0 Å². The lowest BCUT2D eigenvalue weighted by Gasteiger charge is -2.18. The van der Waals surface area contributed by atoms with Crippen LogP contribution in [0.2, 0.25) is 0 Å². The normalized spacial score (nSPS) is 12.2. The summed E-state index contributed by atoms with van der Waals surface area (Å²) in [5.41, 5.74) is 4.94. The van der Waals surface area contributed by atoms with Crippen molar-refractivity contribution in [3.63, 3.8) is 0 Å². The van der Waals surface area contributed by atoms with Crippen molar-refractivity contribution in [3.05, 3.63) is 114 Å². The highest BCUT2D eigenvalue weighted by Crippen LogP contribution is 2.35. The Bertz CT molecular complexity index is 1330. The number of rotatable bonds is 13. The Kier molecular flexibility index (Phi) is 9.41. The number of carboxylic acid groups (broad SMARTS) is 2. The van der Waals surface area contributed by atoms with Crippen molar-refractivity contribution in [2.45, 2.75) is 24.7 Å². The fourth-order valence-electron chi connectivity index (χ4n) is 4.81. The standard InChI is InChI=1S/C33H33NO6/c1-39-30-19-25(14-13-24(30)15-17-27(32(35)36)22-9-5-3-6-10-22)26-16-18-29(31(20-26)40-2)34-21-28(33(37)38)23-11-7-4-8-12-23/h3-14,16,18-20,27-28,34H,15,17,21H2,1-2H3,(H,35,36)(H,37,38). The van der Waals surface area contributed by atoms with Crippen LogP contribution in [0, 0.1) is 0 Å². The van der Waals surface area contributed by atoms with Gasteiger partial charge in [0.05, 0.1) is 31.7 Å². The van der Waals surface area contributed by atoms with E-state index in [1.54, 1.807) is 26.4 Å². The van der Waals surface area contributed by atoms with Gasteiger partial charge in [-0.25, -0.2) is 0 Å². The lowest BCUT2D eigenvalue weighted by molar-refractivity contribution is -0.139. The highest BCUT2D eigenvalue weighted by molar-refractivity contribution is 5.78. The van der Waals surface area contributed by atoms with Gasteiger partial charge in [0.1, 0.15) is 11.5 Å². The van der Waals surface area contributed by atoms with E-state index in [1.807, 2.05) is 84.9 Å². The van der Waals surface area contributed by atoms with E-state index in [9.17, 15) is 19.8 Å². The second kappa shape index (κ2) is 13.3. The van der Waals surface area contributed by atoms with Crippen LogP contribution in [0.3, 0.4) is 0 Å². The molecule has 4 rings (SSSR count). The predicted octanol–water partition coefficient (Wildman–Crippen LogP) is 6.45. The number of carboxylic acids is 2. The monoisotopic (exact) mass is 539 g/mol. The molecule has 0 aromatic heterocycles. The summed E-state index contributed by atoms with van der Waals surface area (Å²) in [6.07, 6.45) is 0.997. The van der Waals surface area contributed by atoms with Crippen LogP contribution in [0.5, 0.6) is 11.5 Å². The van der Waals surface area contributed by atoms with Crippen LogP contribution < -0.4 is 14.8 Å². The summed E-state index contributed by atoms with van der Waals surface area (Å²) in [6, 6.07) is 30.0. The SMILES string of the molecule is COc1cc(-c2ccc(NCC(C(=O)O)c3ccccc3)c(OC)c2)ccc1CCC(C(=O)O)c1ccccc1. The number of methoxy groups -OCH3 is 2. The number of hydrogen-bond donors (Lipinski definition) is 3. The summed E-state index contributed by atoms with van der Waals surface area (Å²) < 4.78 is 11.3. The van der Waals surface area contributed by atoms with Gasteiger partial charge in [-0.2, -0.15) is 0 Å². The number of anilines is 1. The van der Waals surface area contributed by atoms with Crippen molar-refractivity contribution in [2.24, 2.45) is 0 Å². The molecule has 0 saturated carbocycles. The summed E-state index contributed by atoms with van der Waals surface area (Å²) in [5.74, 6) is -1.78. The minimum atomic E-state index is -0.903. The van der Waals surface area contributed by atoms with Gasteiger partial charge in [-0.05, 0) is 58.9 Å². The molecule has 0 aliphatic heterocycles. The number of hydrogen-bond acceptors (Lipinski definition) is 5. The number of benzene rings is 4. The van der Waals surface area contributed by atoms with Gasteiger partial charge in [0.2, 0.25) is 0 Å². The first-order chi connectivity index (χ1) is 19.4. The van der Waals surface area contributed by atoms with Crippen molar-refractivity contribution >= 4 is 17.6 Å². The molecule has 0 bridgehead atoms. The van der Waals surface area contributed by atoms with E-state index in [0.717, 1.165) is 27.8 Å². The average molecular weight is 540 g/mol. The third-order valence-electron chi connectivity index (χ3n) is 7.02. The highest BCUT2D eigenvalue weighted by Gasteiger charge is 2.21. The molecule has 4 aromatic carbocycles. The molecule has 0 saturated heterocycles. The van der Waals surface area contributed by atoms with Gasteiger partial charge in [-0.1, -0.05) is 78.9 Å². The molecule has 3 N–H and O–H groups in total. The van der Waals surface area contributed by atoms with Gasteiger partial charge in [0.25, 0.3) is 0 Å². The van der Waals surface area contributed by atoms with Gasteiger partial charge in [-0.15, -0.1) is 0 Å². The molecule has 4 aromatic rings. The first-order valence-electron chi connectivity index (χ1n) is 13.1. The highest BCUT2D eigenvalue weighted by atomic mass is 16.5. The fraction of sp³-hybridized carbons (Fsp3) is 0.212. The Hall–Kier alpha value is -4.78. The van der Waals surface area contributed by atoms with E-state index in [2.05, 4.69) is 5.32 Å². The van der Waals surface area contributed by atoms with E-state index in [-0.39, 0.29) is 6.54 Å². The maximum absolute atomic E-state index is 11.9. The Morgan fingerprint density at radius 3 is 1.77 bits per heavy atom. The van der Waals surface area contributed by atoms with E-state index in [1.165, 1.54) is 0 Å². The van der Waals surface area contributed by atoms with Crippen molar-refractivity contribution in [1.82, 2.24) is 0 Å². The first-order valence-corrected chi connectivity index (χ1v) is 13.1. The third-order valence-corrected chi connectivity index (χ3v) is 7.02. The Balaban J connectivity index is 1.50. The topological polar surface area (TPSA) is 105 Å². The average Bonchev–Trinajstić information content (AvgIpc) is 2.98. The van der Waals surface area contributed by atoms with Gasteiger partial charge in [-0.3, -0.25) is 9.59 Å². The summed E-state index contributed by atoms with van der Waals surface area (Å²) in [7, 11) is 3.18. The molecule has 7 nitrogen and oxygen atoms in total. The molecule has 0 radical (unpaired) electrons. The molecule has 0 fully saturated rings. The summed E-state index contributed by atoms with van der Waals surface area (Å²) in [6.45, 7) is 0.206. The van der Waals surface area contributed by atoms with E-state index < -0.39 is 23.8 Å². The molecule has 40 heavy (non-hydrogen) atoms. The van der Waals surface area contributed by atoms with Crippen LogP contribution in [0.1, 0.15) is 34.9 Å². The molecule has 7 heteroatoms. The molecule has 0 heterocycles. The third kappa shape index (κ3) is 6.80. The summed E-state index contributed by atoms with van der Waals surface area (Å²) in [5, 5.41) is 22.7. The number of nitrogens with one attached hydrogen (secondary N) is 1. The summed E-state index contributed by atoms with van der Waals surface area (Å²) >= 11 is 0. The maximum atomic E-state index is 11.9. The zero-order chi connectivity index (χ0) is 28.5. The van der Waals surface area contributed by atoms with Crippen molar-refractivity contribution in [2.75, 3.05) is 26.1 Å². The molecule has 2 unspecified atom stereocenters. The lowest BCUT2D eigenvalue weighted by atomic mass is 9.91. The van der Waals surface area contributed by atoms with Crippen molar-refractivity contribution in [3.8, 4) is 22.6 Å². The minimum Gasteiger partial charge on any atom is -0.496 e. The maximum Gasteiger partial charge on any atom is 0.312 e. The minimum absolute atomic E-state index is 0.206. The second-order valence-corrected chi connectivity index (χ2v) is 9.46. The van der Waals surface area contributed by atoms with Gasteiger partial charge >= 0.3 is 11.9 Å². The zero-order valence-electron chi connectivity index (χ0n) is 22.5. The van der Waals surface area contributed by atoms with Crippen molar-refractivity contribution in [1.29, 1.82) is 0 Å². The number of ether oxygens (including phenoxy) is 2. The van der Waals surface area contributed by atoms with Crippen LogP contribution >= 0.6 is 0 Å². The number of carbonyl (C=O) groups is 2. The molecule has 206 valence electrons. The quantitative estimate of drug-likeness (QED) is 0.179. The molecule has 0 aliphatic carbocycles. The summed E-state index contributed by atoms with van der Waals surface area (Å²) in [4.78, 5) is 23.8. The Morgan fingerprint density at radius 1 is 0.700 bits per heavy atom. The van der Waals surface area contributed by atoms with E-state index in [0.29, 0.717) is 30.0 Å². The lowest BCUT2D eigenvalue weighted by Crippen LogP contribution is -2.21. The van der Waals surface area contributed by atoms with Gasteiger partial charge in [0, 0.05) is 6.54 Å². The van der Waals surface area contributed by atoms with Crippen LogP contribution in [-0.2, 0) is 16.0 Å². The van der Waals surface area contributed by atoms with Crippen molar-refractivity contribution < 1.29 is 29.3 Å². The molecule has 2 atom stereocenters. The Labute approximate surface area is 234 Å². The Morgan fingerprint density at radius 2 is 1.23 bits per heavy atom. The van der Waals surface area contributed by atoms with Crippen LogP contribution in [0.15, 0.2) is 97.1 Å². The van der Waals surface area contributed by atoms with Crippen LogP contribution in [0.4, 0.5) is 5.69 Å². The zero-order valence-corrected chi connectivity index (χ0v) is 22.5. The first kappa shape index (κ1) is 28.2. The van der Waals surface area contributed by atoms with E-state index in [4.69, 9.17) is 9.47 Å². The number of aryl methyl sites for hydroxylation is 1. The molecule has 0 spiro atoms. The number of aliphatic carboxylic acids is 2. The van der Waals surface area contributed by atoms with Gasteiger partial charge < -0.3 is 25.0 Å². The molecule has 0 amide bonds. The smallest absolute Gasteiger partial charge is 0.312 e. The van der Waals surface area contributed by atoms with E-state index >= 15 is 0 Å². The molecular weight excluding hydrogens is 506 g/mol. The second-order valence-electron chi connectivity index (χ2n) is 9.46. The predicted molar refractivity (Wildman–Crippen MR) is 155 cm³/mol. The largest absolute Gasteiger partial charge is 0.496 e. The fourth-order valence-corrected chi connectivity index (χ4v) is 4.81. The molecule has 0 aliphatic rings. The van der Waals surface area contributed by atoms with Crippen LogP contribution in [0.25, 0.3) is 11.1 Å². The van der Waals surface area contributed by atoms with Crippen LogP contribution in [-0.4, -0.2) is 42.9 Å². The molecular formula is C33H33NO6.